The van der Waals surface area contributed by atoms with Crippen LogP contribution >= 0.6 is 0 Å². The second-order valence-electron chi connectivity index (χ2n) is 8.14. The van der Waals surface area contributed by atoms with E-state index in [1.807, 2.05) is 19.1 Å². The molecule has 174 valence electrons. The molecule has 0 radical (unpaired) electrons. The number of hydrogen-bond donors (Lipinski definition) is 2. The summed E-state index contributed by atoms with van der Waals surface area (Å²) in [6.07, 6.45) is 5.46. The highest BCUT2D eigenvalue weighted by atomic mass is 16.5. The van der Waals surface area contributed by atoms with Gasteiger partial charge < -0.3 is 24.8 Å². The number of β-amino-alcohol motifs (C(OH)–C–C–N with tert-alkyl or cyclic N) is 1. The van der Waals surface area contributed by atoms with Crippen molar-refractivity contribution < 1.29 is 29.0 Å². The lowest BCUT2D eigenvalue weighted by Gasteiger charge is -2.33. The van der Waals surface area contributed by atoms with Gasteiger partial charge in [-0.3, -0.25) is 14.4 Å². The Morgan fingerprint density at radius 1 is 1.16 bits per heavy atom. The fourth-order valence-corrected chi connectivity index (χ4v) is 4.91. The van der Waals surface area contributed by atoms with Gasteiger partial charge in [0.05, 0.1) is 32.2 Å². The van der Waals surface area contributed by atoms with E-state index < -0.39 is 29.8 Å². The van der Waals surface area contributed by atoms with Gasteiger partial charge >= 0.3 is 5.97 Å². The fraction of sp³-hybridized carbons (Fsp3) is 0.542. The monoisotopic (exact) mass is 444 g/mol. The topological polar surface area (TPSA) is 105 Å². The largest absolute Gasteiger partial charge is 0.497 e. The number of methoxy groups -OCH3 is 1. The molecule has 0 aromatic heterocycles. The Kier molecular flexibility index (Phi) is 7.90. The number of hydrogen-bond acceptors (Lipinski definition) is 6. The number of carbonyl (C=O) groups is 3. The van der Waals surface area contributed by atoms with Crippen molar-refractivity contribution in [3.05, 3.63) is 36.4 Å². The summed E-state index contributed by atoms with van der Waals surface area (Å²) in [5.74, 6) is -2.31. The number of likely N-dealkylation sites (tertiary alicyclic amines) is 1. The molecule has 1 fully saturated rings. The van der Waals surface area contributed by atoms with Gasteiger partial charge in [-0.1, -0.05) is 25.5 Å². The zero-order valence-electron chi connectivity index (χ0n) is 18.8. The Labute approximate surface area is 188 Å². The maximum Gasteiger partial charge on any atom is 0.310 e. The lowest BCUT2D eigenvalue weighted by Crippen LogP contribution is -2.45. The lowest BCUT2D eigenvalue weighted by atomic mass is 9.69. The minimum absolute atomic E-state index is 0.0222. The van der Waals surface area contributed by atoms with E-state index in [0.717, 1.165) is 12.8 Å². The number of ether oxygens (including phenoxy) is 2. The predicted octanol–water partition coefficient (Wildman–Crippen LogP) is 2.23. The minimum Gasteiger partial charge on any atom is -0.497 e. The Balaban J connectivity index is 1.92. The molecule has 1 aromatic rings. The molecular weight excluding hydrogens is 412 g/mol. The zero-order chi connectivity index (χ0) is 23.3. The van der Waals surface area contributed by atoms with Gasteiger partial charge in [-0.15, -0.1) is 0 Å². The van der Waals surface area contributed by atoms with Gasteiger partial charge in [0.15, 0.2) is 0 Å². The zero-order valence-corrected chi connectivity index (χ0v) is 18.8. The van der Waals surface area contributed by atoms with Crippen molar-refractivity contribution in [1.82, 2.24) is 4.90 Å². The molecule has 2 amide bonds. The van der Waals surface area contributed by atoms with Crippen molar-refractivity contribution >= 4 is 23.5 Å². The molecule has 0 saturated carbocycles. The van der Waals surface area contributed by atoms with Crippen LogP contribution in [0.3, 0.4) is 0 Å². The first-order chi connectivity index (χ1) is 15.5. The van der Waals surface area contributed by atoms with Crippen LogP contribution in [-0.2, 0) is 19.1 Å². The average Bonchev–Trinajstić information content (AvgIpc) is 3.06. The molecule has 2 aliphatic rings. The number of carbonyl (C=O) groups excluding carboxylic acids is 3. The number of allylic oxidation sites excluding steroid dienone is 1. The number of fused-ring (bicyclic) bond motifs is 1. The number of anilines is 1. The van der Waals surface area contributed by atoms with Crippen LogP contribution in [-0.4, -0.2) is 60.7 Å². The van der Waals surface area contributed by atoms with E-state index in [0.29, 0.717) is 11.4 Å². The molecular formula is C24H32N2O6. The van der Waals surface area contributed by atoms with Crippen LogP contribution in [0.15, 0.2) is 36.4 Å². The summed E-state index contributed by atoms with van der Waals surface area (Å²) in [5.41, 5.74) is 0.571. The molecule has 2 N–H and O–H groups in total. The lowest BCUT2D eigenvalue weighted by molar-refractivity contribution is -0.155. The first kappa shape index (κ1) is 23.8. The molecule has 5 atom stereocenters. The van der Waals surface area contributed by atoms with Crippen LogP contribution < -0.4 is 10.1 Å². The van der Waals surface area contributed by atoms with E-state index in [-0.39, 0.29) is 37.5 Å². The Morgan fingerprint density at radius 3 is 2.47 bits per heavy atom. The number of nitrogens with zero attached hydrogens (tertiary/aromatic N) is 1. The van der Waals surface area contributed by atoms with E-state index >= 15 is 0 Å². The molecule has 1 aliphatic heterocycles. The van der Waals surface area contributed by atoms with Crippen molar-refractivity contribution in [2.24, 2.45) is 23.7 Å². The van der Waals surface area contributed by atoms with Gasteiger partial charge in [0, 0.05) is 18.2 Å². The quantitative estimate of drug-likeness (QED) is 0.447. The maximum atomic E-state index is 13.4. The van der Waals surface area contributed by atoms with Crippen LogP contribution in [0.5, 0.6) is 5.75 Å². The van der Waals surface area contributed by atoms with E-state index in [2.05, 4.69) is 5.32 Å². The van der Waals surface area contributed by atoms with E-state index in [1.165, 1.54) is 4.90 Å². The van der Waals surface area contributed by atoms with Crippen LogP contribution in [0.1, 0.15) is 26.7 Å². The summed E-state index contributed by atoms with van der Waals surface area (Å²) in [5, 5.41) is 12.4. The summed E-state index contributed by atoms with van der Waals surface area (Å²) in [7, 11) is 1.56. The molecule has 1 aromatic carbocycles. The molecule has 8 nitrogen and oxygen atoms in total. The Hall–Kier alpha value is -2.87. The summed E-state index contributed by atoms with van der Waals surface area (Å²) < 4.78 is 10.5. The average molecular weight is 445 g/mol. The van der Waals surface area contributed by atoms with Crippen molar-refractivity contribution in [2.75, 3.05) is 32.2 Å². The molecule has 1 aliphatic carbocycles. The number of amides is 2. The Bertz CT molecular complexity index is 853. The van der Waals surface area contributed by atoms with Crippen molar-refractivity contribution in [1.29, 1.82) is 0 Å². The SMILES string of the molecule is CCC[C@@H]1C=C[C@H]2[C@@H](C(=O)N(CCO)[C@@H]2C(=O)Nc2ccc(OC)cc2)[C@@H]1C(=O)OCC. The highest BCUT2D eigenvalue weighted by Gasteiger charge is 2.57. The minimum atomic E-state index is -0.822. The first-order valence-electron chi connectivity index (χ1n) is 11.2. The van der Waals surface area contributed by atoms with Gasteiger partial charge in [0.2, 0.25) is 11.8 Å². The molecule has 1 heterocycles. The van der Waals surface area contributed by atoms with Gasteiger partial charge in [-0.2, -0.15) is 0 Å². The Morgan fingerprint density at radius 2 is 1.88 bits per heavy atom. The summed E-state index contributed by atoms with van der Waals surface area (Å²) in [4.78, 5) is 41.0. The molecule has 0 spiro atoms. The van der Waals surface area contributed by atoms with Crippen LogP contribution in [0, 0.1) is 23.7 Å². The number of rotatable bonds is 9. The normalized spacial score (nSPS) is 26.6. The fourth-order valence-electron chi connectivity index (χ4n) is 4.91. The second-order valence-corrected chi connectivity index (χ2v) is 8.14. The summed E-state index contributed by atoms with van der Waals surface area (Å²) >= 11 is 0. The van der Waals surface area contributed by atoms with Crippen LogP contribution in [0.25, 0.3) is 0 Å². The number of aliphatic hydroxyl groups is 1. The third-order valence-corrected chi connectivity index (χ3v) is 6.26. The molecule has 32 heavy (non-hydrogen) atoms. The number of benzene rings is 1. The van der Waals surface area contributed by atoms with Crippen molar-refractivity contribution in [2.45, 2.75) is 32.7 Å². The van der Waals surface area contributed by atoms with E-state index in [1.54, 1.807) is 38.3 Å². The summed E-state index contributed by atoms with van der Waals surface area (Å²) in [6, 6.07) is 6.08. The number of nitrogens with one attached hydrogen (secondary N) is 1. The number of aliphatic hydroxyl groups excluding tert-OH is 1. The standard InChI is InChI=1S/C24H32N2O6/c1-4-6-15-7-12-18-20(19(15)24(30)32-5-2)23(29)26(13-14-27)21(18)22(28)25-16-8-10-17(31-3)11-9-16/h7-12,15,18-21,27H,4-6,13-14H2,1-3H3,(H,25,28)/t15-,18+,19-,20-,21+/m1/s1. The first-order valence-corrected chi connectivity index (χ1v) is 11.2. The third kappa shape index (κ3) is 4.65. The molecule has 8 heteroatoms. The predicted molar refractivity (Wildman–Crippen MR) is 119 cm³/mol. The van der Waals surface area contributed by atoms with Crippen molar-refractivity contribution in [3.8, 4) is 5.75 Å². The van der Waals surface area contributed by atoms with Gasteiger partial charge in [0.1, 0.15) is 11.8 Å². The molecule has 0 unspecified atom stereocenters. The van der Waals surface area contributed by atoms with E-state index in [4.69, 9.17) is 9.47 Å². The van der Waals surface area contributed by atoms with Gasteiger partial charge in [-0.05, 0) is 43.5 Å². The third-order valence-electron chi connectivity index (χ3n) is 6.26. The van der Waals surface area contributed by atoms with Gasteiger partial charge in [-0.25, -0.2) is 0 Å². The van der Waals surface area contributed by atoms with Crippen LogP contribution in [0.4, 0.5) is 5.69 Å². The second kappa shape index (κ2) is 10.6. The smallest absolute Gasteiger partial charge is 0.310 e. The number of esters is 1. The highest BCUT2D eigenvalue weighted by Crippen LogP contribution is 2.45. The van der Waals surface area contributed by atoms with Gasteiger partial charge in [0.25, 0.3) is 0 Å². The van der Waals surface area contributed by atoms with Crippen molar-refractivity contribution in [3.63, 3.8) is 0 Å². The maximum absolute atomic E-state index is 13.4. The van der Waals surface area contributed by atoms with Crippen LogP contribution in [0.2, 0.25) is 0 Å². The highest BCUT2D eigenvalue weighted by molar-refractivity contribution is 6.01. The summed E-state index contributed by atoms with van der Waals surface area (Å²) in [6.45, 7) is 3.74. The molecule has 0 bridgehead atoms. The molecule has 3 rings (SSSR count). The van der Waals surface area contributed by atoms with E-state index in [9.17, 15) is 19.5 Å². The molecule has 1 saturated heterocycles.